The summed E-state index contributed by atoms with van der Waals surface area (Å²) in [6, 6.07) is 2.51. The Morgan fingerprint density at radius 3 is 2.50 bits per heavy atom. The van der Waals surface area contributed by atoms with Crippen LogP contribution in [-0.4, -0.2) is 46.2 Å². The van der Waals surface area contributed by atoms with Crippen molar-refractivity contribution < 1.29 is 4.52 Å². The maximum absolute atomic E-state index is 5.13. The van der Waals surface area contributed by atoms with Gasteiger partial charge in [0.25, 0.3) is 0 Å². The maximum Gasteiger partial charge on any atom is 0.225 e. The molecule has 6 heteroatoms. The van der Waals surface area contributed by atoms with Crippen LogP contribution in [-0.2, 0) is 6.54 Å². The number of anilines is 1. The molecular weight excluding hydrogens is 278 g/mol. The molecule has 1 aliphatic heterocycles. The van der Waals surface area contributed by atoms with E-state index in [1.165, 1.54) is 0 Å². The first kappa shape index (κ1) is 15.0. The highest BCUT2D eigenvalue weighted by atomic mass is 16.5. The van der Waals surface area contributed by atoms with Gasteiger partial charge in [0.15, 0.2) is 0 Å². The lowest BCUT2D eigenvalue weighted by Gasteiger charge is -2.36. The van der Waals surface area contributed by atoms with Crippen LogP contribution in [0.4, 0.5) is 5.95 Å². The first-order chi connectivity index (χ1) is 10.6. The summed E-state index contributed by atoms with van der Waals surface area (Å²) >= 11 is 0. The zero-order chi connectivity index (χ0) is 15.5. The topological polar surface area (TPSA) is 58.3 Å². The Hall–Kier alpha value is -1.95. The molecule has 0 radical (unpaired) electrons. The van der Waals surface area contributed by atoms with Gasteiger partial charge in [-0.1, -0.05) is 5.16 Å². The largest absolute Gasteiger partial charge is 0.361 e. The van der Waals surface area contributed by atoms with Crippen LogP contribution in [0.25, 0.3) is 0 Å². The minimum absolute atomic E-state index is 0.498. The van der Waals surface area contributed by atoms with Crippen LogP contribution >= 0.6 is 0 Å². The van der Waals surface area contributed by atoms with Crippen molar-refractivity contribution in [2.24, 2.45) is 0 Å². The van der Waals surface area contributed by atoms with Gasteiger partial charge in [0, 0.05) is 51.2 Å². The van der Waals surface area contributed by atoms with Crippen molar-refractivity contribution in [1.29, 1.82) is 0 Å². The third kappa shape index (κ3) is 3.44. The van der Waals surface area contributed by atoms with Gasteiger partial charge in [0.1, 0.15) is 5.76 Å². The number of aromatic nitrogens is 3. The van der Waals surface area contributed by atoms with Gasteiger partial charge in [-0.05, 0) is 32.3 Å². The van der Waals surface area contributed by atoms with E-state index < -0.39 is 0 Å². The van der Waals surface area contributed by atoms with Crippen molar-refractivity contribution in [1.82, 2.24) is 20.0 Å². The lowest BCUT2D eigenvalue weighted by atomic mass is 10.0. The maximum atomic E-state index is 5.13. The van der Waals surface area contributed by atoms with Gasteiger partial charge in [0.2, 0.25) is 5.95 Å². The number of nitrogens with zero attached hydrogens (tertiary/aromatic N) is 5. The van der Waals surface area contributed by atoms with E-state index in [-0.39, 0.29) is 0 Å². The Bertz CT molecular complexity index is 601. The van der Waals surface area contributed by atoms with Gasteiger partial charge in [-0.3, -0.25) is 4.90 Å². The summed E-state index contributed by atoms with van der Waals surface area (Å²) in [6.07, 6.45) is 5.98. The third-order valence-corrected chi connectivity index (χ3v) is 4.25. The molecule has 3 heterocycles. The summed E-state index contributed by atoms with van der Waals surface area (Å²) in [7, 11) is 2.09. The highest BCUT2D eigenvalue weighted by Gasteiger charge is 2.24. The van der Waals surface area contributed by atoms with Crippen molar-refractivity contribution in [3.8, 4) is 0 Å². The van der Waals surface area contributed by atoms with Crippen LogP contribution in [0.3, 0.4) is 0 Å². The second-order valence-electron chi connectivity index (χ2n) is 6.11. The van der Waals surface area contributed by atoms with Gasteiger partial charge in [-0.15, -0.1) is 0 Å². The molecule has 3 rings (SSSR count). The average molecular weight is 301 g/mol. The molecule has 118 valence electrons. The zero-order valence-electron chi connectivity index (χ0n) is 13.5. The van der Waals surface area contributed by atoms with Gasteiger partial charge < -0.3 is 9.42 Å². The molecule has 0 bridgehead atoms. The molecule has 2 aromatic heterocycles. The van der Waals surface area contributed by atoms with E-state index >= 15 is 0 Å². The molecule has 0 unspecified atom stereocenters. The van der Waals surface area contributed by atoms with E-state index in [0.29, 0.717) is 6.04 Å². The third-order valence-electron chi connectivity index (χ3n) is 4.25. The fraction of sp³-hybridized carbons (Fsp3) is 0.562. The normalized spacial score (nSPS) is 16.9. The Labute approximate surface area is 131 Å². The van der Waals surface area contributed by atoms with Crippen molar-refractivity contribution >= 4 is 5.95 Å². The van der Waals surface area contributed by atoms with Gasteiger partial charge in [-0.25, -0.2) is 9.97 Å². The standard InChI is InChI=1S/C16H23N5O/c1-12-9-17-16(18-10-12)20(3)15-4-6-21(7-5-15)11-14-8-13(2)22-19-14/h8-10,15H,4-7,11H2,1-3H3. The van der Waals surface area contributed by atoms with Crippen LogP contribution in [0, 0.1) is 13.8 Å². The summed E-state index contributed by atoms with van der Waals surface area (Å²) in [6.45, 7) is 6.93. The first-order valence-corrected chi connectivity index (χ1v) is 7.78. The van der Waals surface area contributed by atoms with E-state index in [1.807, 2.05) is 32.3 Å². The first-order valence-electron chi connectivity index (χ1n) is 7.78. The van der Waals surface area contributed by atoms with E-state index in [1.54, 1.807) is 0 Å². The second-order valence-corrected chi connectivity index (χ2v) is 6.11. The Morgan fingerprint density at radius 1 is 1.23 bits per heavy atom. The van der Waals surface area contributed by atoms with E-state index in [0.717, 1.165) is 55.4 Å². The molecule has 6 nitrogen and oxygen atoms in total. The summed E-state index contributed by atoms with van der Waals surface area (Å²) in [5, 5.41) is 4.07. The molecule has 1 aliphatic rings. The fourth-order valence-electron chi connectivity index (χ4n) is 2.92. The van der Waals surface area contributed by atoms with Gasteiger partial charge in [0.05, 0.1) is 5.69 Å². The van der Waals surface area contributed by atoms with E-state index in [4.69, 9.17) is 4.52 Å². The number of rotatable bonds is 4. The molecule has 22 heavy (non-hydrogen) atoms. The van der Waals surface area contributed by atoms with Crippen LogP contribution < -0.4 is 4.90 Å². The Balaban J connectivity index is 1.53. The number of likely N-dealkylation sites (tertiary alicyclic amines) is 1. The molecule has 0 spiro atoms. The molecule has 0 N–H and O–H groups in total. The highest BCUT2D eigenvalue weighted by Crippen LogP contribution is 2.20. The summed E-state index contributed by atoms with van der Waals surface area (Å²) in [5.41, 5.74) is 2.11. The van der Waals surface area contributed by atoms with Crippen LogP contribution in [0.2, 0.25) is 0 Å². The lowest BCUT2D eigenvalue weighted by molar-refractivity contribution is 0.198. The second kappa shape index (κ2) is 6.44. The smallest absolute Gasteiger partial charge is 0.225 e. The van der Waals surface area contributed by atoms with E-state index in [9.17, 15) is 0 Å². The van der Waals surface area contributed by atoms with E-state index in [2.05, 4.69) is 32.0 Å². The average Bonchev–Trinajstić information content (AvgIpc) is 2.93. The molecule has 0 saturated carbocycles. The predicted molar refractivity (Wildman–Crippen MR) is 84.7 cm³/mol. The minimum atomic E-state index is 0.498. The Morgan fingerprint density at radius 2 is 1.91 bits per heavy atom. The van der Waals surface area contributed by atoms with Crippen LogP contribution in [0.15, 0.2) is 23.0 Å². The minimum Gasteiger partial charge on any atom is -0.361 e. The molecule has 2 aromatic rings. The number of aryl methyl sites for hydroxylation is 2. The molecule has 1 saturated heterocycles. The quantitative estimate of drug-likeness (QED) is 0.862. The molecule has 0 aliphatic carbocycles. The molecular formula is C16H23N5O. The highest BCUT2D eigenvalue weighted by molar-refractivity contribution is 5.30. The zero-order valence-corrected chi connectivity index (χ0v) is 13.5. The molecule has 0 aromatic carbocycles. The van der Waals surface area contributed by atoms with Crippen LogP contribution in [0.5, 0.6) is 0 Å². The van der Waals surface area contributed by atoms with Crippen molar-refractivity contribution in [3.05, 3.63) is 35.5 Å². The SMILES string of the molecule is Cc1cnc(N(C)C2CCN(Cc3cc(C)on3)CC2)nc1. The van der Waals surface area contributed by atoms with Crippen LogP contribution in [0.1, 0.15) is 29.9 Å². The van der Waals surface area contributed by atoms with Gasteiger partial charge in [-0.2, -0.15) is 0 Å². The predicted octanol–water partition coefficient (Wildman–Crippen LogP) is 2.18. The van der Waals surface area contributed by atoms with Gasteiger partial charge >= 0.3 is 0 Å². The molecule has 0 amide bonds. The fourth-order valence-corrected chi connectivity index (χ4v) is 2.92. The van der Waals surface area contributed by atoms with Crippen molar-refractivity contribution in [2.45, 2.75) is 39.3 Å². The number of hydrogen-bond acceptors (Lipinski definition) is 6. The summed E-state index contributed by atoms with van der Waals surface area (Å²) in [4.78, 5) is 13.5. The molecule has 1 fully saturated rings. The monoisotopic (exact) mass is 301 g/mol. The number of piperidine rings is 1. The van der Waals surface area contributed by atoms with Crippen molar-refractivity contribution in [3.63, 3.8) is 0 Å². The summed E-state index contributed by atoms with van der Waals surface area (Å²) < 4.78 is 5.13. The Kier molecular flexibility index (Phi) is 4.38. The molecule has 0 atom stereocenters. The lowest BCUT2D eigenvalue weighted by Crippen LogP contribution is -2.43. The summed E-state index contributed by atoms with van der Waals surface area (Å²) in [5.74, 6) is 1.69. The number of hydrogen-bond donors (Lipinski definition) is 0. The van der Waals surface area contributed by atoms with Crippen molar-refractivity contribution in [2.75, 3.05) is 25.0 Å².